The zero-order valence-corrected chi connectivity index (χ0v) is 13.7. The lowest BCUT2D eigenvalue weighted by Gasteiger charge is -2.24. The molecule has 5 heteroatoms. The lowest BCUT2D eigenvalue weighted by Crippen LogP contribution is -2.23. The van der Waals surface area contributed by atoms with Gasteiger partial charge in [0.05, 0.1) is 0 Å². The quantitative estimate of drug-likeness (QED) is 0.774. The molecular weight excluding hydrogens is 286 g/mol. The largest absolute Gasteiger partial charge is 0.393 e. The van der Waals surface area contributed by atoms with Gasteiger partial charge in [0.15, 0.2) is 11.6 Å². The predicted octanol–water partition coefficient (Wildman–Crippen LogP) is 4.11. The zero-order chi connectivity index (χ0) is 16.1. The molecule has 0 bridgehead atoms. The highest BCUT2D eigenvalue weighted by molar-refractivity contribution is 5.78. The Morgan fingerprint density at radius 3 is 2.61 bits per heavy atom. The summed E-state index contributed by atoms with van der Waals surface area (Å²) in [6, 6.07) is 8.69. The number of aryl methyl sites for hydroxylation is 1. The van der Waals surface area contributed by atoms with Crippen molar-refractivity contribution >= 4 is 23.0 Å². The molecule has 1 aromatic carbocycles. The SMILES string of the molecule is CCc1ccccc1Nc1ncnc(NC2CCCCC2)c1N. The molecule has 1 fully saturated rings. The van der Waals surface area contributed by atoms with E-state index in [4.69, 9.17) is 5.73 Å². The van der Waals surface area contributed by atoms with E-state index in [1.54, 1.807) is 6.33 Å². The molecule has 2 aromatic rings. The van der Waals surface area contributed by atoms with Crippen molar-refractivity contribution in [2.75, 3.05) is 16.4 Å². The summed E-state index contributed by atoms with van der Waals surface area (Å²) in [4.78, 5) is 8.65. The van der Waals surface area contributed by atoms with Gasteiger partial charge in [0, 0.05) is 11.7 Å². The molecule has 1 aliphatic rings. The maximum Gasteiger partial charge on any atom is 0.159 e. The number of nitrogens with two attached hydrogens (primary N) is 1. The molecule has 0 spiro atoms. The number of anilines is 4. The van der Waals surface area contributed by atoms with Gasteiger partial charge in [-0.25, -0.2) is 9.97 Å². The van der Waals surface area contributed by atoms with Crippen LogP contribution in [0.1, 0.15) is 44.6 Å². The molecule has 0 unspecified atom stereocenters. The van der Waals surface area contributed by atoms with E-state index < -0.39 is 0 Å². The molecule has 0 radical (unpaired) electrons. The molecule has 0 aliphatic heterocycles. The molecule has 5 nitrogen and oxygen atoms in total. The van der Waals surface area contributed by atoms with E-state index in [1.165, 1.54) is 37.7 Å². The maximum absolute atomic E-state index is 6.29. The Labute approximate surface area is 137 Å². The third-order valence-electron chi connectivity index (χ3n) is 4.48. The topological polar surface area (TPSA) is 75.9 Å². The third kappa shape index (κ3) is 3.73. The van der Waals surface area contributed by atoms with Crippen molar-refractivity contribution in [1.29, 1.82) is 0 Å². The molecule has 1 aliphatic carbocycles. The highest BCUT2D eigenvalue weighted by atomic mass is 15.1. The van der Waals surface area contributed by atoms with E-state index in [-0.39, 0.29) is 0 Å². The van der Waals surface area contributed by atoms with Crippen molar-refractivity contribution in [2.45, 2.75) is 51.5 Å². The minimum Gasteiger partial charge on any atom is -0.393 e. The van der Waals surface area contributed by atoms with E-state index in [0.717, 1.165) is 17.9 Å². The monoisotopic (exact) mass is 311 g/mol. The Balaban J connectivity index is 1.79. The number of para-hydroxylation sites is 1. The van der Waals surface area contributed by atoms with Crippen LogP contribution in [0.2, 0.25) is 0 Å². The molecule has 3 rings (SSSR count). The van der Waals surface area contributed by atoms with E-state index in [1.807, 2.05) is 12.1 Å². The first-order chi connectivity index (χ1) is 11.3. The van der Waals surface area contributed by atoms with Crippen LogP contribution in [0.5, 0.6) is 0 Å². The van der Waals surface area contributed by atoms with Gasteiger partial charge in [-0.05, 0) is 30.9 Å². The number of hydrogen-bond donors (Lipinski definition) is 3. The van der Waals surface area contributed by atoms with Crippen molar-refractivity contribution in [2.24, 2.45) is 0 Å². The molecule has 0 amide bonds. The third-order valence-corrected chi connectivity index (χ3v) is 4.48. The Morgan fingerprint density at radius 2 is 1.83 bits per heavy atom. The van der Waals surface area contributed by atoms with E-state index in [0.29, 0.717) is 17.5 Å². The Hall–Kier alpha value is -2.30. The number of nitrogens with zero attached hydrogens (tertiary/aromatic N) is 2. The number of hydrogen-bond acceptors (Lipinski definition) is 5. The average Bonchev–Trinajstić information content (AvgIpc) is 2.60. The summed E-state index contributed by atoms with van der Waals surface area (Å²) in [6.45, 7) is 2.14. The lowest BCUT2D eigenvalue weighted by molar-refractivity contribution is 0.462. The summed E-state index contributed by atoms with van der Waals surface area (Å²) in [5.41, 5.74) is 9.17. The zero-order valence-electron chi connectivity index (χ0n) is 13.7. The summed E-state index contributed by atoms with van der Waals surface area (Å²) >= 11 is 0. The number of aromatic nitrogens is 2. The first-order valence-electron chi connectivity index (χ1n) is 8.50. The van der Waals surface area contributed by atoms with Gasteiger partial charge in [0.2, 0.25) is 0 Å². The molecule has 23 heavy (non-hydrogen) atoms. The number of benzene rings is 1. The molecule has 1 saturated carbocycles. The number of nitrogen functional groups attached to an aromatic ring is 1. The van der Waals surface area contributed by atoms with Gasteiger partial charge in [-0.2, -0.15) is 0 Å². The number of rotatable bonds is 5. The summed E-state index contributed by atoms with van der Waals surface area (Å²) in [7, 11) is 0. The van der Waals surface area contributed by atoms with Gasteiger partial charge in [-0.1, -0.05) is 44.4 Å². The smallest absolute Gasteiger partial charge is 0.159 e. The molecular formula is C18H25N5. The molecule has 122 valence electrons. The summed E-state index contributed by atoms with van der Waals surface area (Å²) < 4.78 is 0. The van der Waals surface area contributed by atoms with Crippen LogP contribution in [0, 0.1) is 0 Å². The molecule has 0 atom stereocenters. The van der Waals surface area contributed by atoms with Crippen molar-refractivity contribution in [3.05, 3.63) is 36.2 Å². The van der Waals surface area contributed by atoms with E-state index in [2.05, 4.69) is 39.7 Å². The molecule has 0 saturated heterocycles. The Bertz CT molecular complexity index is 650. The highest BCUT2D eigenvalue weighted by Crippen LogP contribution is 2.29. The normalized spacial score (nSPS) is 15.3. The van der Waals surface area contributed by atoms with Crippen LogP contribution in [0.25, 0.3) is 0 Å². The van der Waals surface area contributed by atoms with Gasteiger partial charge in [0.25, 0.3) is 0 Å². The van der Waals surface area contributed by atoms with Crippen LogP contribution >= 0.6 is 0 Å². The van der Waals surface area contributed by atoms with Crippen LogP contribution in [0.15, 0.2) is 30.6 Å². The Kier molecular flexibility index (Phi) is 4.95. The first kappa shape index (κ1) is 15.6. The first-order valence-corrected chi connectivity index (χ1v) is 8.50. The summed E-state index contributed by atoms with van der Waals surface area (Å²) in [6.07, 6.45) is 8.78. The van der Waals surface area contributed by atoms with Crippen LogP contribution in [0.4, 0.5) is 23.0 Å². The minimum absolute atomic E-state index is 0.469. The van der Waals surface area contributed by atoms with Crippen molar-refractivity contribution < 1.29 is 0 Å². The van der Waals surface area contributed by atoms with Crippen LogP contribution in [-0.2, 0) is 6.42 Å². The van der Waals surface area contributed by atoms with Gasteiger partial charge < -0.3 is 16.4 Å². The second-order valence-corrected chi connectivity index (χ2v) is 6.10. The van der Waals surface area contributed by atoms with Crippen molar-refractivity contribution in [3.8, 4) is 0 Å². The second kappa shape index (κ2) is 7.31. The minimum atomic E-state index is 0.469. The van der Waals surface area contributed by atoms with Crippen molar-refractivity contribution in [3.63, 3.8) is 0 Å². The molecule has 1 aromatic heterocycles. The van der Waals surface area contributed by atoms with E-state index in [9.17, 15) is 0 Å². The maximum atomic E-state index is 6.29. The second-order valence-electron chi connectivity index (χ2n) is 6.10. The van der Waals surface area contributed by atoms with Crippen LogP contribution < -0.4 is 16.4 Å². The summed E-state index contributed by atoms with van der Waals surface area (Å²) in [5, 5.41) is 6.84. The van der Waals surface area contributed by atoms with Crippen LogP contribution in [-0.4, -0.2) is 16.0 Å². The standard InChI is InChI=1S/C18H25N5/c1-2-13-8-6-7-11-15(13)23-18-16(19)17(20-12-21-18)22-14-9-4-3-5-10-14/h6-8,11-12,14H,2-5,9-10,19H2,1H3,(H2,20,21,22,23). The Morgan fingerprint density at radius 1 is 1.09 bits per heavy atom. The fourth-order valence-electron chi connectivity index (χ4n) is 3.13. The van der Waals surface area contributed by atoms with Gasteiger partial charge >= 0.3 is 0 Å². The van der Waals surface area contributed by atoms with Gasteiger partial charge in [-0.15, -0.1) is 0 Å². The van der Waals surface area contributed by atoms with Crippen LogP contribution in [0.3, 0.4) is 0 Å². The molecule has 4 N–H and O–H groups in total. The van der Waals surface area contributed by atoms with E-state index >= 15 is 0 Å². The van der Waals surface area contributed by atoms with Gasteiger partial charge in [-0.3, -0.25) is 0 Å². The molecule has 1 heterocycles. The highest BCUT2D eigenvalue weighted by Gasteiger charge is 2.16. The number of nitrogens with one attached hydrogen (secondary N) is 2. The lowest BCUT2D eigenvalue weighted by atomic mass is 9.95. The predicted molar refractivity (Wildman–Crippen MR) is 96.0 cm³/mol. The van der Waals surface area contributed by atoms with Crippen molar-refractivity contribution in [1.82, 2.24) is 9.97 Å². The average molecular weight is 311 g/mol. The van der Waals surface area contributed by atoms with Gasteiger partial charge in [0.1, 0.15) is 12.0 Å². The fraction of sp³-hybridized carbons (Fsp3) is 0.444. The summed E-state index contributed by atoms with van der Waals surface area (Å²) in [5.74, 6) is 1.41. The fourth-order valence-corrected chi connectivity index (χ4v) is 3.13.